The topological polar surface area (TPSA) is 9.23 Å². The third kappa shape index (κ3) is 1.72. The number of alkyl halides is 1. The summed E-state index contributed by atoms with van der Waals surface area (Å²) >= 11 is 5.60. The van der Waals surface area contributed by atoms with E-state index in [0.29, 0.717) is 4.83 Å². The van der Waals surface area contributed by atoms with Crippen molar-refractivity contribution < 1.29 is 4.74 Å². The monoisotopic (exact) mass is 258 g/mol. The van der Waals surface area contributed by atoms with Crippen LogP contribution in [0.2, 0.25) is 0 Å². The van der Waals surface area contributed by atoms with Gasteiger partial charge in [-0.2, -0.15) is 0 Å². The molecule has 0 spiro atoms. The molecule has 0 aromatic heterocycles. The third-order valence-corrected chi connectivity index (χ3v) is 4.21. The highest BCUT2D eigenvalue weighted by Crippen LogP contribution is 2.45. The van der Waals surface area contributed by atoms with Crippen LogP contribution in [0, 0.1) is 0 Å². The van der Waals surface area contributed by atoms with E-state index >= 15 is 0 Å². The molecule has 0 bridgehead atoms. The minimum absolute atomic E-state index is 0.458. The second kappa shape index (κ2) is 3.93. The van der Waals surface area contributed by atoms with Crippen LogP contribution in [0.15, 0.2) is 23.1 Å². The predicted molar refractivity (Wildman–Crippen MR) is 60.0 cm³/mol. The van der Waals surface area contributed by atoms with E-state index in [4.69, 9.17) is 4.74 Å². The summed E-state index contributed by atoms with van der Waals surface area (Å²) in [4.78, 5) is 1.81. The van der Waals surface area contributed by atoms with Crippen LogP contribution in [0.3, 0.4) is 0 Å². The second-order valence-corrected chi connectivity index (χ2v) is 5.22. The summed E-state index contributed by atoms with van der Waals surface area (Å²) in [5, 5.41) is 0. The van der Waals surface area contributed by atoms with Crippen molar-refractivity contribution in [3.05, 3.63) is 23.8 Å². The van der Waals surface area contributed by atoms with Crippen molar-refractivity contribution in [1.29, 1.82) is 0 Å². The number of hydrogen-bond donors (Lipinski definition) is 0. The highest BCUT2D eigenvalue weighted by molar-refractivity contribution is 9.09. The van der Waals surface area contributed by atoms with Gasteiger partial charge in [0.1, 0.15) is 5.75 Å². The Morgan fingerprint density at radius 2 is 2.38 bits per heavy atom. The number of rotatable bonds is 1. The lowest BCUT2D eigenvalue weighted by molar-refractivity contribution is 0.407. The number of thioether (sulfide) groups is 1. The lowest BCUT2D eigenvalue weighted by atomic mass is 10.1. The first-order chi connectivity index (χ1) is 6.33. The van der Waals surface area contributed by atoms with Crippen LogP contribution in [0.4, 0.5) is 0 Å². The zero-order chi connectivity index (χ0) is 9.26. The standard InChI is InChI=1S/C10H11BrOS/c1-12-8-3-2-4-9-10(8)7(11)5-6-13-9/h2-4,7H,5-6H2,1H3. The van der Waals surface area contributed by atoms with Gasteiger partial charge in [0.05, 0.1) is 7.11 Å². The zero-order valence-electron chi connectivity index (χ0n) is 7.42. The molecule has 0 radical (unpaired) electrons. The van der Waals surface area contributed by atoms with E-state index < -0.39 is 0 Å². The average Bonchev–Trinajstić information content (AvgIpc) is 2.17. The Balaban J connectivity index is 2.50. The smallest absolute Gasteiger partial charge is 0.124 e. The highest BCUT2D eigenvalue weighted by atomic mass is 79.9. The van der Waals surface area contributed by atoms with E-state index in [9.17, 15) is 0 Å². The normalized spacial score (nSPS) is 20.9. The van der Waals surface area contributed by atoms with Crippen molar-refractivity contribution in [2.75, 3.05) is 12.9 Å². The fraction of sp³-hybridized carbons (Fsp3) is 0.400. The number of benzene rings is 1. The maximum atomic E-state index is 5.34. The largest absolute Gasteiger partial charge is 0.496 e. The first-order valence-corrected chi connectivity index (χ1v) is 6.17. The minimum Gasteiger partial charge on any atom is -0.496 e. The molecule has 0 N–H and O–H groups in total. The molecular weight excluding hydrogens is 248 g/mol. The molecule has 2 rings (SSSR count). The molecule has 1 aliphatic rings. The highest BCUT2D eigenvalue weighted by Gasteiger charge is 2.21. The van der Waals surface area contributed by atoms with E-state index in [0.717, 1.165) is 5.75 Å². The van der Waals surface area contributed by atoms with Crippen LogP contribution < -0.4 is 4.74 Å². The SMILES string of the molecule is COc1cccc2c1C(Br)CCS2. The lowest BCUT2D eigenvalue weighted by Gasteiger charge is -2.22. The Hall–Kier alpha value is -0.150. The number of hydrogen-bond acceptors (Lipinski definition) is 2. The number of ether oxygens (including phenoxy) is 1. The van der Waals surface area contributed by atoms with Gasteiger partial charge in [0.25, 0.3) is 0 Å². The maximum absolute atomic E-state index is 5.34. The lowest BCUT2D eigenvalue weighted by Crippen LogP contribution is -2.03. The quantitative estimate of drug-likeness (QED) is 0.712. The summed E-state index contributed by atoms with van der Waals surface area (Å²) < 4.78 is 5.34. The first kappa shape index (κ1) is 9.41. The number of halogens is 1. The van der Waals surface area contributed by atoms with Gasteiger partial charge in [-0.25, -0.2) is 0 Å². The summed E-state index contributed by atoms with van der Waals surface area (Å²) in [6.45, 7) is 0. The van der Waals surface area contributed by atoms with Crippen LogP contribution in [-0.2, 0) is 0 Å². The molecular formula is C10H11BrOS. The Morgan fingerprint density at radius 1 is 1.54 bits per heavy atom. The van der Waals surface area contributed by atoms with Gasteiger partial charge in [-0.15, -0.1) is 11.8 Å². The average molecular weight is 259 g/mol. The fourth-order valence-corrected chi connectivity index (χ4v) is 3.86. The minimum atomic E-state index is 0.458. The summed E-state index contributed by atoms with van der Waals surface area (Å²) in [7, 11) is 1.73. The van der Waals surface area contributed by atoms with Gasteiger partial charge in [-0.1, -0.05) is 22.0 Å². The number of methoxy groups -OCH3 is 1. The molecule has 0 fully saturated rings. The molecule has 0 saturated heterocycles. The molecule has 0 saturated carbocycles. The first-order valence-electron chi connectivity index (χ1n) is 4.26. The van der Waals surface area contributed by atoms with Crippen LogP contribution in [0.25, 0.3) is 0 Å². The van der Waals surface area contributed by atoms with Crippen molar-refractivity contribution in [2.24, 2.45) is 0 Å². The van der Waals surface area contributed by atoms with Gasteiger partial charge >= 0.3 is 0 Å². The van der Waals surface area contributed by atoms with Gasteiger partial charge in [0, 0.05) is 15.3 Å². The van der Waals surface area contributed by atoms with Crippen molar-refractivity contribution in [1.82, 2.24) is 0 Å². The molecule has 13 heavy (non-hydrogen) atoms. The van der Waals surface area contributed by atoms with E-state index in [-0.39, 0.29) is 0 Å². The molecule has 1 aromatic carbocycles. The van der Waals surface area contributed by atoms with Crippen LogP contribution in [0.5, 0.6) is 5.75 Å². The van der Waals surface area contributed by atoms with Crippen molar-refractivity contribution in [3.63, 3.8) is 0 Å². The summed E-state index contributed by atoms with van der Waals surface area (Å²) in [6.07, 6.45) is 1.18. The second-order valence-electron chi connectivity index (χ2n) is 2.98. The molecule has 1 nitrogen and oxygen atoms in total. The van der Waals surface area contributed by atoms with Gasteiger partial charge < -0.3 is 4.74 Å². The van der Waals surface area contributed by atoms with Crippen molar-refractivity contribution in [3.8, 4) is 5.75 Å². The number of fused-ring (bicyclic) bond motifs is 1. The van der Waals surface area contributed by atoms with E-state index in [1.807, 2.05) is 17.8 Å². The molecule has 1 unspecified atom stereocenters. The van der Waals surface area contributed by atoms with Gasteiger partial charge in [0.2, 0.25) is 0 Å². The molecule has 0 amide bonds. The predicted octanol–water partition coefficient (Wildman–Crippen LogP) is 3.63. The summed E-state index contributed by atoms with van der Waals surface area (Å²) in [6, 6.07) is 6.24. The molecule has 1 atom stereocenters. The van der Waals surface area contributed by atoms with E-state index in [1.165, 1.54) is 22.6 Å². The van der Waals surface area contributed by atoms with Crippen molar-refractivity contribution >= 4 is 27.7 Å². The third-order valence-electron chi connectivity index (χ3n) is 2.19. The van der Waals surface area contributed by atoms with Crippen LogP contribution in [-0.4, -0.2) is 12.9 Å². The molecule has 1 aromatic rings. The van der Waals surface area contributed by atoms with Crippen LogP contribution >= 0.6 is 27.7 Å². The Kier molecular flexibility index (Phi) is 2.84. The maximum Gasteiger partial charge on any atom is 0.124 e. The van der Waals surface area contributed by atoms with Crippen molar-refractivity contribution in [2.45, 2.75) is 16.1 Å². The van der Waals surface area contributed by atoms with Crippen LogP contribution in [0.1, 0.15) is 16.8 Å². The fourth-order valence-electron chi connectivity index (χ4n) is 1.55. The summed E-state index contributed by atoms with van der Waals surface area (Å²) in [5.74, 6) is 2.20. The molecule has 70 valence electrons. The molecule has 1 heterocycles. The zero-order valence-corrected chi connectivity index (χ0v) is 9.82. The van der Waals surface area contributed by atoms with Gasteiger partial charge in [-0.05, 0) is 24.3 Å². The summed E-state index contributed by atoms with van der Waals surface area (Å²) in [5.41, 5.74) is 1.32. The van der Waals surface area contributed by atoms with E-state index in [2.05, 4.69) is 28.1 Å². The van der Waals surface area contributed by atoms with E-state index in [1.54, 1.807) is 7.11 Å². The van der Waals surface area contributed by atoms with Gasteiger partial charge in [0.15, 0.2) is 0 Å². The molecule has 0 aliphatic carbocycles. The van der Waals surface area contributed by atoms with Gasteiger partial charge in [-0.3, -0.25) is 0 Å². The molecule has 3 heteroatoms. The Morgan fingerprint density at radius 3 is 3.15 bits per heavy atom. The Labute approximate surface area is 91.0 Å². The Bertz CT molecular complexity index is 300. The molecule has 1 aliphatic heterocycles.